The normalized spacial score (nSPS) is 11.0. The number of hydrogen-bond donors (Lipinski definition) is 0. The van der Waals surface area contributed by atoms with Gasteiger partial charge in [0.1, 0.15) is 0 Å². The fourth-order valence-corrected chi connectivity index (χ4v) is 4.04. The van der Waals surface area contributed by atoms with Crippen LogP contribution in [0.15, 0.2) is 34.7 Å². The molecule has 19 heavy (non-hydrogen) atoms. The van der Waals surface area contributed by atoms with E-state index < -0.39 is 10.0 Å². The molecule has 0 amide bonds. The van der Waals surface area contributed by atoms with Crippen LogP contribution in [0.5, 0.6) is 0 Å². The van der Waals surface area contributed by atoms with Crippen LogP contribution in [-0.4, -0.2) is 20.4 Å². The van der Waals surface area contributed by atoms with Crippen molar-refractivity contribution in [2.45, 2.75) is 4.21 Å². The van der Waals surface area contributed by atoms with E-state index in [1.165, 1.54) is 13.2 Å². The predicted molar refractivity (Wildman–Crippen MR) is 73.9 cm³/mol. The van der Waals surface area contributed by atoms with Gasteiger partial charge in [-0.1, -0.05) is 22.9 Å². The third kappa shape index (κ3) is 2.71. The Hall–Kier alpha value is -1.62. The molecular weight excluding hydrogens is 306 g/mol. The van der Waals surface area contributed by atoms with Gasteiger partial charge >= 0.3 is 0 Å². The van der Waals surface area contributed by atoms with Gasteiger partial charge in [0, 0.05) is 7.05 Å². The highest BCUT2D eigenvalue weighted by atomic mass is 35.5. The summed E-state index contributed by atoms with van der Waals surface area (Å²) in [6, 6.07) is 8.22. The van der Waals surface area contributed by atoms with Gasteiger partial charge in [0.2, 0.25) is 0 Å². The zero-order valence-electron chi connectivity index (χ0n) is 9.74. The Bertz CT molecular complexity index is 732. The third-order valence-electron chi connectivity index (χ3n) is 2.43. The lowest BCUT2D eigenvalue weighted by atomic mass is 10.2. The molecule has 1 aromatic carbocycles. The van der Waals surface area contributed by atoms with Gasteiger partial charge in [-0.25, -0.2) is 13.4 Å². The van der Waals surface area contributed by atoms with Crippen molar-refractivity contribution in [3.8, 4) is 6.07 Å². The molecule has 5 nitrogen and oxygen atoms in total. The number of aromatic nitrogens is 1. The van der Waals surface area contributed by atoms with Crippen molar-refractivity contribution in [3.63, 3.8) is 0 Å². The van der Waals surface area contributed by atoms with Gasteiger partial charge in [-0.15, -0.1) is 0 Å². The SMILES string of the molecule is CN(c1ccc(C#N)cc1)S(=O)(=O)c1cnc(Cl)s1. The first kappa shape index (κ1) is 13.8. The maximum Gasteiger partial charge on any atom is 0.275 e. The highest BCUT2D eigenvalue weighted by Gasteiger charge is 2.23. The third-order valence-corrected chi connectivity index (χ3v) is 5.77. The average Bonchev–Trinajstić information content (AvgIpc) is 2.85. The smallest absolute Gasteiger partial charge is 0.269 e. The van der Waals surface area contributed by atoms with E-state index in [0.29, 0.717) is 11.3 Å². The summed E-state index contributed by atoms with van der Waals surface area (Å²) in [5, 5.41) is 8.70. The van der Waals surface area contributed by atoms with Gasteiger partial charge in [-0.3, -0.25) is 4.31 Å². The predicted octanol–water partition coefficient (Wildman–Crippen LogP) is 2.49. The van der Waals surface area contributed by atoms with E-state index in [0.717, 1.165) is 15.6 Å². The van der Waals surface area contributed by atoms with E-state index in [1.807, 2.05) is 6.07 Å². The Morgan fingerprint density at radius 1 is 1.37 bits per heavy atom. The molecule has 98 valence electrons. The Balaban J connectivity index is 2.37. The van der Waals surface area contributed by atoms with Gasteiger partial charge in [0.25, 0.3) is 10.0 Å². The van der Waals surface area contributed by atoms with E-state index >= 15 is 0 Å². The van der Waals surface area contributed by atoms with Gasteiger partial charge in [0.05, 0.1) is 23.5 Å². The number of nitrogens with zero attached hydrogens (tertiary/aromatic N) is 3. The Labute approximate surface area is 119 Å². The Kier molecular flexibility index (Phi) is 3.75. The first-order chi connectivity index (χ1) is 8.95. The summed E-state index contributed by atoms with van der Waals surface area (Å²) in [4.78, 5) is 3.72. The molecule has 1 aromatic heterocycles. The number of thiazole rings is 1. The maximum absolute atomic E-state index is 12.3. The van der Waals surface area contributed by atoms with E-state index in [-0.39, 0.29) is 8.68 Å². The van der Waals surface area contributed by atoms with E-state index in [1.54, 1.807) is 24.3 Å². The van der Waals surface area contributed by atoms with Crippen molar-refractivity contribution < 1.29 is 8.42 Å². The summed E-state index contributed by atoms with van der Waals surface area (Å²) in [7, 11) is -2.23. The fourth-order valence-electron chi connectivity index (χ4n) is 1.38. The van der Waals surface area contributed by atoms with E-state index in [4.69, 9.17) is 16.9 Å². The summed E-state index contributed by atoms with van der Waals surface area (Å²) in [6.45, 7) is 0. The first-order valence-electron chi connectivity index (χ1n) is 5.05. The molecule has 0 radical (unpaired) electrons. The minimum atomic E-state index is -3.67. The van der Waals surface area contributed by atoms with Crippen molar-refractivity contribution in [2.24, 2.45) is 0 Å². The molecule has 0 bridgehead atoms. The van der Waals surface area contributed by atoms with Gasteiger partial charge in [0.15, 0.2) is 8.68 Å². The van der Waals surface area contributed by atoms with Crippen LogP contribution in [0.4, 0.5) is 5.69 Å². The number of hydrogen-bond acceptors (Lipinski definition) is 5. The number of nitriles is 1. The van der Waals surface area contributed by atoms with Crippen molar-refractivity contribution in [1.29, 1.82) is 5.26 Å². The zero-order valence-corrected chi connectivity index (χ0v) is 12.1. The lowest BCUT2D eigenvalue weighted by Gasteiger charge is -2.17. The minimum Gasteiger partial charge on any atom is -0.269 e. The summed E-state index contributed by atoms with van der Waals surface area (Å²) >= 11 is 6.54. The molecule has 2 rings (SSSR count). The van der Waals surface area contributed by atoms with Crippen LogP contribution in [0, 0.1) is 11.3 Å². The second-order valence-electron chi connectivity index (χ2n) is 3.56. The van der Waals surface area contributed by atoms with Gasteiger partial charge in [-0.05, 0) is 24.3 Å². The van der Waals surface area contributed by atoms with E-state index in [2.05, 4.69) is 4.98 Å². The fraction of sp³-hybridized carbons (Fsp3) is 0.0909. The lowest BCUT2D eigenvalue weighted by molar-refractivity contribution is 0.596. The Morgan fingerprint density at radius 2 is 2.00 bits per heavy atom. The topological polar surface area (TPSA) is 74.1 Å². The van der Waals surface area contributed by atoms with Crippen LogP contribution in [0.2, 0.25) is 4.47 Å². The summed E-state index contributed by atoms with van der Waals surface area (Å²) in [6.07, 6.45) is 1.22. The molecule has 0 fully saturated rings. The van der Waals surface area contributed by atoms with E-state index in [9.17, 15) is 8.42 Å². The van der Waals surface area contributed by atoms with Crippen molar-refractivity contribution in [3.05, 3.63) is 40.5 Å². The molecule has 0 saturated heterocycles. The Morgan fingerprint density at radius 3 is 2.47 bits per heavy atom. The molecule has 0 aliphatic rings. The second kappa shape index (κ2) is 5.17. The average molecular weight is 314 g/mol. The molecule has 0 aliphatic heterocycles. The van der Waals surface area contributed by atoms with Crippen LogP contribution in [0.3, 0.4) is 0 Å². The van der Waals surface area contributed by atoms with Crippen LogP contribution in [0.1, 0.15) is 5.56 Å². The van der Waals surface area contributed by atoms with Crippen LogP contribution in [0.25, 0.3) is 0 Å². The van der Waals surface area contributed by atoms with Crippen molar-refractivity contribution >= 4 is 38.6 Å². The lowest BCUT2D eigenvalue weighted by Crippen LogP contribution is -2.25. The molecule has 2 aromatic rings. The first-order valence-corrected chi connectivity index (χ1v) is 7.69. The van der Waals surface area contributed by atoms with Crippen LogP contribution in [-0.2, 0) is 10.0 Å². The second-order valence-corrected chi connectivity index (χ2v) is 7.37. The molecule has 0 aliphatic carbocycles. The quantitative estimate of drug-likeness (QED) is 0.872. The van der Waals surface area contributed by atoms with Gasteiger partial charge < -0.3 is 0 Å². The highest BCUT2D eigenvalue weighted by molar-refractivity contribution is 7.94. The molecule has 0 spiro atoms. The largest absolute Gasteiger partial charge is 0.275 e. The van der Waals surface area contributed by atoms with Crippen LogP contribution >= 0.6 is 22.9 Å². The molecule has 0 saturated carbocycles. The number of sulfonamides is 1. The van der Waals surface area contributed by atoms with Crippen LogP contribution < -0.4 is 4.31 Å². The number of benzene rings is 1. The summed E-state index contributed by atoms with van der Waals surface area (Å²) in [5.74, 6) is 0. The molecular formula is C11H8ClN3O2S2. The minimum absolute atomic E-state index is 0.0735. The number of anilines is 1. The molecule has 8 heteroatoms. The molecule has 0 N–H and O–H groups in total. The van der Waals surface area contributed by atoms with Gasteiger partial charge in [-0.2, -0.15) is 5.26 Å². The van der Waals surface area contributed by atoms with Crippen molar-refractivity contribution in [2.75, 3.05) is 11.4 Å². The molecule has 1 heterocycles. The standard InChI is InChI=1S/C11H8ClN3O2S2/c1-15(9-4-2-8(6-13)3-5-9)19(16,17)10-7-14-11(12)18-10/h2-5,7H,1H3. The zero-order chi connectivity index (χ0) is 14.0. The molecule has 0 unspecified atom stereocenters. The monoisotopic (exact) mass is 313 g/mol. The molecule has 0 atom stereocenters. The number of rotatable bonds is 3. The van der Waals surface area contributed by atoms with Crippen molar-refractivity contribution in [1.82, 2.24) is 4.98 Å². The maximum atomic E-state index is 12.3. The summed E-state index contributed by atoms with van der Waals surface area (Å²) < 4.78 is 25.9. The highest BCUT2D eigenvalue weighted by Crippen LogP contribution is 2.28. The summed E-state index contributed by atoms with van der Waals surface area (Å²) in [5.41, 5.74) is 0.930. The number of halogens is 1.